The second-order valence-corrected chi connectivity index (χ2v) is 4.64. The van der Waals surface area contributed by atoms with Gasteiger partial charge in [-0.1, -0.05) is 19.1 Å². The zero-order chi connectivity index (χ0) is 14.4. The van der Waals surface area contributed by atoms with Crippen molar-refractivity contribution in [3.63, 3.8) is 0 Å². The summed E-state index contributed by atoms with van der Waals surface area (Å²) >= 11 is 0. The summed E-state index contributed by atoms with van der Waals surface area (Å²) in [5, 5.41) is 6.41. The van der Waals surface area contributed by atoms with Crippen LogP contribution < -0.4 is 10.6 Å². The molecule has 1 atom stereocenters. The SMILES string of the molecule is CCCNc1cncc(NC(C)c2cccc(F)c2)n1. The molecule has 0 aliphatic carbocycles. The molecule has 0 aliphatic rings. The first-order valence-corrected chi connectivity index (χ1v) is 6.77. The molecule has 0 bridgehead atoms. The summed E-state index contributed by atoms with van der Waals surface area (Å²) in [6.07, 6.45) is 4.37. The Labute approximate surface area is 118 Å². The Bertz CT molecular complexity index is 559. The van der Waals surface area contributed by atoms with Gasteiger partial charge in [0.2, 0.25) is 0 Å². The van der Waals surface area contributed by atoms with Gasteiger partial charge in [0.15, 0.2) is 0 Å². The molecule has 2 N–H and O–H groups in total. The van der Waals surface area contributed by atoms with Crippen LogP contribution in [0, 0.1) is 5.82 Å². The molecule has 1 aromatic heterocycles. The Morgan fingerprint density at radius 3 is 2.80 bits per heavy atom. The van der Waals surface area contributed by atoms with E-state index < -0.39 is 0 Å². The van der Waals surface area contributed by atoms with Crippen molar-refractivity contribution < 1.29 is 4.39 Å². The molecule has 1 unspecified atom stereocenters. The highest BCUT2D eigenvalue weighted by atomic mass is 19.1. The van der Waals surface area contributed by atoms with Crippen LogP contribution in [0.1, 0.15) is 31.9 Å². The Morgan fingerprint density at radius 2 is 2.05 bits per heavy atom. The van der Waals surface area contributed by atoms with E-state index in [4.69, 9.17) is 0 Å². The number of aromatic nitrogens is 2. The molecule has 2 aromatic rings. The Balaban J connectivity index is 2.05. The van der Waals surface area contributed by atoms with E-state index in [2.05, 4.69) is 27.5 Å². The molecule has 0 amide bonds. The van der Waals surface area contributed by atoms with Gasteiger partial charge < -0.3 is 10.6 Å². The molecule has 4 nitrogen and oxygen atoms in total. The number of hydrogen-bond acceptors (Lipinski definition) is 4. The fourth-order valence-corrected chi connectivity index (χ4v) is 1.85. The smallest absolute Gasteiger partial charge is 0.147 e. The number of nitrogens with zero attached hydrogens (tertiary/aromatic N) is 2. The number of nitrogens with one attached hydrogen (secondary N) is 2. The Kier molecular flexibility index (Phi) is 4.87. The van der Waals surface area contributed by atoms with Crippen molar-refractivity contribution in [2.24, 2.45) is 0 Å². The van der Waals surface area contributed by atoms with Gasteiger partial charge in [-0.15, -0.1) is 0 Å². The maximum Gasteiger partial charge on any atom is 0.147 e. The first kappa shape index (κ1) is 14.2. The normalized spacial score (nSPS) is 11.9. The summed E-state index contributed by atoms with van der Waals surface area (Å²) in [7, 11) is 0. The third-order valence-corrected chi connectivity index (χ3v) is 2.90. The van der Waals surface area contributed by atoms with Crippen molar-refractivity contribution in [2.75, 3.05) is 17.2 Å². The van der Waals surface area contributed by atoms with Gasteiger partial charge in [-0.2, -0.15) is 0 Å². The van der Waals surface area contributed by atoms with Crippen LogP contribution in [0.25, 0.3) is 0 Å². The molecule has 106 valence electrons. The molecule has 0 saturated carbocycles. The summed E-state index contributed by atoms with van der Waals surface area (Å²) in [5.41, 5.74) is 0.874. The second-order valence-electron chi connectivity index (χ2n) is 4.64. The van der Waals surface area contributed by atoms with E-state index in [9.17, 15) is 4.39 Å². The van der Waals surface area contributed by atoms with Crippen molar-refractivity contribution in [2.45, 2.75) is 26.3 Å². The molecule has 1 heterocycles. The molecular formula is C15H19FN4. The standard InChI is InChI=1S/C15H19FN4/c1-3-7-18-14-9-17-10-15(20-14)19-11(2)12-5-4-6-13(16)8-12/h4-6,8-11H,3,7H2,1-2H3,(H2,18,19,20). The fraction of sp³-hybridized carbons (Fsp3) is 0.333. The monoisotopic (exact) mass is 274 g/mol. The van der Waals surface area contributed by atoms with Crippen molar-refractivity contribution in [1.29, 1.82) is 0 Å². The lowest BCUT2D eigenvalue weighted by Crippen LogP contribution is -2.10. The average Bonchev–Trinajstić information content (AvgIpc) is 2.45. The van der Waals surface area contributed by atoms with Crippen LogP contribution in [-0.2, 0) is 0 Å². The second kappa shape index (κ2) is 6.84. The first-order chi connectivity index (χ1) is 9.69. The average molecular weight is 274 g/mol. The van der Waals surface area contributed by atoms with Crippen molar-refractivity contribution in [3.05, 3.63) is 48.0 Å². The number of benzene rings is 1. The minimum absolute atomic E-state index is 0.0403. The van der Waals surface area contributed by atoms with Crippen molar-refractivity contribution in [1.82, 2.24) is 9.97 Å². The lowest BCUT2D eigenvalue weighted by Gasteiger charge is -2.15. The summed E-state index contributed by atoms with van der Waals surface area (Å²) < 4.78 is 13.2. The Hall–Kier alpha value is -2.17. The molecule has 1 aromatic carbocycles. The fourth-order valence-electron chi connectivity index (χ4n) is 1.85. The minimum Gasteiger partial charge on any atom is -0.369 e. The maximum atomic E-state index is 13.2. The quantitative estimate of drug-likeness (QED) is 0.845. The van der Waals surface area contributed by atoms with Crippen LogP contribution in [0.5, 0.6) is 0 Å². The van der Waals surface area contributed by atoms with Gasteiger partial charge in [-0.3, -0.25) is 4.98 Å². The third kappa shape index (κ3) is 3.91. The number of halogens is 1. The third-order valence-electron chi connectivity index (χ3n) is 2.90. The zero-order valence-corrected chi connectivity index (χ0v) is 11.7. The van der Waals surface area contributed by atoms with Gasteiger partial charge >= 0.3 is 0 Å². The number of rotatable bonds is 6. The molecule has 0 saturated heterocycles. The van der Waals surface area contributed by atoms with Gasteiger partial charge in [0, 0.05) is 6.54 Å². The lowest BCUT2D eigenvalue weighted by molar-refractivity contribution is 0.623. The van der Waals surface area contributed by atoms with Crippen LogP contribution >= 0.6 is 0 Å². The number of hydrogen-bond donors (Lipinski definition) is 2. The largest absolute Gasteiger partial charge is 0.369 e. The summed E-state index contributed by atoms with van der Waals surface area (Å²) in [6.45, 7) is 4.91. The van der Waals surface area contributed by atoms with E-state index in [0.717, 1.165) is 24.3 Å². The van der Waals surface area contributed by atoms with E-state index in [-0.39, 0.29) is 11.9 Å². The lowest BCUT2D eigenvalue weighted by atomic mass is 10.1. The minimum atomic E-state index is -0.236. The van der Waals surface area contributed by atoms with Crippen LogP contribution in [0.3, 0.4) is 0 Å². The molecule has 0 spiro atoms. The summed E-state index contributed by atoms with van der Waals surface area (Å²) in [4.78, 5) is 8.56. The van der Waals surface area contributed by atoms with E-state index >= 15 is 0 Å². The molecule has 5 heteroatoms. The molecule has 0 aliphatic heterocycles. The highest BCUT2D eigenvalue weighted by Gasteiger charge is 2.07. The highest BCUT2D eigenvalue weighted by molar-refractivity contribution is 5.43. The predicted molar refractivity (Wildman–Crippen MR) is 79.3 cm³/mol. The van der Waals surface area contributed by atoms with E-state index in [0.29, 0.717) is 5.82 Å². The summed E-state index contributed by atoms with van der Waals surface area (Å²) in [5.74, 6) is 1.17. The topological polar surface area (TPSA) is 49.8 Å². The highest BCUT2D eigenvalue weighted by Crippen LogP contribution is 2.18. The molecule has 0 fully saturated rings. The Morgan fingerprint density at radius 1 is 1.25 bits per heavy atom. The van der Waals surface area contributed by atoms with Crippen LogP contribution in [0.2, 0.25) is 0 Å². The van der Waals surface area contributed by atoms with Gasteiger partial charge in [0.25, 0.3) is 0 Å². The van der Waals surface area contributed by atoms with Crippen molar-refractivity contribution >= 4 is 11.6 Å². The molecular weight excluding hydrogens is 255 g/mol. The van der Waals surface area contributed by atoms with E-state index in [1.54, 1.807) is 18.5 Å². The molecule has 2 rings (SSSR count). The van der Waals surface area contributed by atoms with E-state index in [1.165, 1.54) is 12.1 Å². The maximum absolute atomic E-state index is 13.2. The van der Waals surface area contributed by atoms with E-state index in [1.807, 2.05) is 13.0 Å². The van der Waals surface area contributed by atoms with Crippen molar-refractivity contribution in [3.8, 4) is 0 Å². The summed E-state index contributed by atoms with van der Waals surface area (Å²) in [6, 6.07) is 6.50. The number of anilines is 2. The van der Waals surface area contributed by atoms with Crippen LogP contribution in [-0.4, -0.2) is 16.5 Å². The van der Waals surface area contributed by atoms with Gasteiger partial charge in [-0.25, -0.2) is 9.37 Å². The predicted octanol–water partition coefficient (Wildman–Crippen LogP) is 3.61. The molecule has 20 heavy (non-hydrogen) atoms. The van der Waals surface area contributed by atoms with Gasteiger partial charge in [-0.05, 0) is 31.0 Å². The van der Waals surface area contributed by atoms with Gasteiger partial charge in [0.1, 0.15) is 17.5 Å². The van der Waals surface area contributed by atoms with Gasteiger partial charge in [0.05, 0.1) is 18.4 Å². The molecule has 0 radical (unpaired) electrons. The zero-order valence-electron chi connectivity index (χ0n) is 11.7. The van der Waals surface area contributed by atoms with Crippen LogP contribution in [0.15, 0.2) is 36.7 Å². The first-order valence-electron chi connectivity index (χ1n) is 6.77. The van der Waals surface area contributed by atoms with Crippen LogP contribution in [0.4, 0.5) is 16.0 Å².